The fourth-order valence-electron chi connectivity index (χ4n) is 2.75. The van der Waals surface area contributed by atoms with Crippen LogP contribution in [0, 0.1) is 0 Å². The van der Waals surface area contributed by atoms with Crippen LogP contribution in [0.3, 0.4) is 0 Å². The van der Waals surface area contributed by atoms with E-state index in [0.29, 0.717) is 22.5 Å². The quantitative estimate of drug-likeness (QED) is 0.721. The standard InChI is InChI=1S/C21H22N2O2S/c1-14(2)16-10-8-15(9-11-16)12-19-20(24)23(21(22-19)26-4)17-6-5-7-18(13-17)25-3/h5-14H,1-4H3/b19-12-. The topological polar surface area (TPSA) is 41.9 Å². The molecule has 0 saturated carbocycles. The molecule has 1 aliphatic heterocycles. The molecule has 2 aromatic rings. The molecule has 26 heavy (non-hydrogen) atoms. The number of nitrogens with zero attached hydrogens (tertiary/aromatic N) is 2. The smallest absolute Gasteiger partial charge is 0.283 e. The van der Waals surface area contributed by atoms with Crippen molar-refractivity contribution in [2.24, 2.45) is 4.99 Å². The molecule has 0 fully saturated rings. The lowest BCUT2D eigenvalue weighted by Gasteiger charge is -2.17. The molecular weight excluding hydrogens is 344 g/mol. The Morgan fingerprint density at radius 1 is 1.15 bits per heavy atom. The van der Waals surface area contributed by atoms with Crippen LogP contribution in [0.5, 0.6) is 5.75 Å². The van der Waals surface area contributed by atoms with Gasteiger partial charge in [-0.25, -0.2) is 4.99 Å². The molecule has 0 radical (unpaired) electrons. The van der Waals surface area contributed by atoms with Gasteiger partial charge in [0.05, 0.1) is 12.8 Å². The molecule has 134 valence electrons. The third-order valence-corrected chi connectivity index (χ3v) is 4.87. The second-order valence-corrected chi connectivity index (χ2v) is 7.06. The number of benzene rings is 2. The Bertz CT molecular complexity index is 870. The van der Waals surface area contributed by atoms with Crippen LogP contribution >= 0.6 is 11.8 Å². The predicted molar refractivity (Wildman–Crippen MR) is 110 cm³/mol. The van der Waals surface area contributed by atoms with E-state index in [0.717, 1.165) is 11.3 Å². The number of hydrogen-bond acceptors (Lipinski definition) is 4. The Morgan fingerprint density at radius 3 is 2.50 bits per heavy atom. The Morgan fingerprint density at radius 2 is 1.88 bits per heavy atom. The first kappa shape index (κ1) is 18.3. The molecule has 2 aromatic carbocycles. The number of carbonyl (C=O) groups is 1. The molecule has 0 N–H and O–H groups in total. The van der Waals surface area contributed by atoms with E-state index < -0.39 is 0 Å². The Kier molecular flexibility index (Phi) is 5.47. The van der Waals surface area contributed by atoms with Crippen molar-refractivity contribution in [3.8, 4) is 5.75 Å². The van der Waals surface area contributed by atoms with E-state index in [1.807, 2.05) is 48.7 Å². The molecule has 0 spiro atoms. The summed E-state index contributed by atoms with van der Waals surface area (Å²) in [6, 6.07) is 15.7. The lowest BCUT2D eigenvalue weighted by atomic mass is 10.0. The van der Waals surface area contributed by atoms with Crippen LogP contribution in [-0.2, 0) is 4.79 Å². The first-order chi connectivity index (χ1) is 12.5. The maximum absolute atomic E-state index is 12.9. The van der Waals surface area contributed by atoms with Crippen LogP contribution in [0.4, 0.5) is 5.69 Å². The Balaban J connectivity index is 1.92. The van der Waals surface area contributed by atoms with Crippen LogP contribution in [-0.4, -0.2) is 24.4 Å². The summed E-state index contributed by atoms with van der Waals surface area (Å²) in [7, 11) is 1.61. The van der Waals surface area contributed by atoms with E-state index in [9.17, 15) is 4.79 Å². The van der Waals surface area contributed by atoms with E-state index >= 15 is 0 Å². The van der Waals surface area contributed by atoms with Crippen LogP contribution in [0.15, 0.2) is 59.2 Å². The van der Waals surface area contributed by atoms with Crippen molar-refractivity contribution in [2.45, 2.75) is 19.8 Å². The minimum Gasteiger partial charge on any atom is -0.497 e. The summed E-state index contributed by atoms with van der Waals surface area (Å²) < 4.78 is 5.27. The zero-order valence-electron chi connectivity index (χ0n) is 15.4. The molecule has 0 atom stereocenters. The van der Waals surface area contributed by atoms with Gasteiger partial charge < -0.3 is 4.74 Å². The van der Waals surface area contributed by atoms with E-state index in [-0.39, 0.29) is 5.91 Å². The Hall–Kier alpha value is -2.53. The van der Waals surface area contributed by atoms with Crippen LogP contribution < -0.4 is 9.64 Å². The van der Waals surface area contributed by atoms with E-state index in [1.165, 1.54) is 17.3 Å². The molecule has 0 aliphatic carbocycles. The minimum atomic E-state index is -0.129. The molecule has 1 aliphatic rings. The van der Waals surface area contributed by atoms with Gasteiger partial charge in [-0.2, -0.15) is 0 Å². The van der Waals surface area contributed by atoms with Gasteiger partial charge in [0.1, 0.15) is 11.4 Å². The number of rotatable bonds is 4. The normalized spacial score (nSPS) is 15.7. The number of anilines is 1. The van der Waals surface area contributed by atoms with Crippen molar-refractivity contribution >= 4 is 34.6 Å². The summed E-state index contributed by atoms with van der Waals surface area (Å²) in [5, 5.41) is 0.660. The van der Waals surface area contributed by atoms with Crippen molar-refractivity contribution in [1.82, 2.24) is 0 Å². The van der Waals surface area contributed by atoms with Crippen molar-refractivity contribution in [3.05, 3.63) is 65.4 Å². The van der Waals surface area contributed by atoms with Gasteiger partial charge in [0.15, 0.2) is 5.17 Å². The maximum Gasteiger partial charge on any atom is 0.283 e. The molecular formula is C21H22N2O2S. The highest BCUT2D eigenvalue weighted by atomic mass is 32.2. The van der Waals surface area contributed by atoms with Gasteiger partial charge in [-0.15, -0.1) is 0 Å². The van der Waals surface area contributed by atoms with Crippen LogP contribution in [0.1, 0.15) is 30.9 Å². The summed E-state index contributed by atoms with van der Waals surface area (Å²) in [4.78, 5) is 19.1. The maximum atomic E-state index is 12.9. The highest BCUT2D eigenvalue weighted by molar-refractivity contribution is 8.13. The number of amidine groups is 1. The fraction of sp³-hybridized carbons (Fsp3) is 0.238. The average molecular weight is 366 g/mol. The summed E-state index contributed by atoms with van der Waals surface area (Å²) >= 11 is 1.45. The molecule has 1 amide bonds. The van der Waals surface area contributed by atoms with E-state index in [1.54, 1.807) is 12.0 Å². The molecule has 3 rings (SSSR count). The number of hydrogen-bond donors (Lipinski definition) is 0. The summed E-state index contributed by atoms with van der Waals surface area (Å²) in [5.41, 5.74) is 3.43. The number of carbonyl (C=O) groups excluding carboxylic acids is 1. The molecule has 0 saturated heterocycles. The highest BCUT2D eigenvalue weighted by Crippen LogP contribution is 2.30. The van der Waals surface area contributed by atoms with Gasteiger partial charge in [-0.05, 0) is 41.5 Å². The molecule has 5 heteroatoms. The highest BCUT2D eigenvalue weighted by Gasteiger charge is 2.31. The lowest BCUT2D eigenvalue weighted by molar-refractivity contribution is -0.113. The number of aliphatic imine (C=N–C) groups is 1. The molecule has 0 bridgehead atoms. The molecule has 4 nitrogen and oxygen atoms in total. The second kappa shape index (κ2) is 7.79. The molecule has 0 unspecified atom stereocenters. The van der Waals surface area contributed by atoms with Crippen molar-refractivity contribution < 1.29 is 9.53 Å². The summed E-state index contributed by atoms with van der Waals surface area (Å²) in [6.45, 7) is 4.32. The summed E-state index contributed by atoms with van der Waals surface area (Å²) in [6.07, 6.45) is 3.75. The zero-order valence-corrected chi connectivity index (χ0v) is 16.2. The van der Waals surface area contributed by atoms with Crippen molar-refractivity contribution in [3.63, 3.8) is 0 Å². The van der Waals surface area contributed by atoms with Gasteiger partial charge in [0.2, 0.25) is 0 Å². The van der Waals surface area contributed by atoms with Gasteiger partial charge in [-0.1, -0.05) is 55.9 Å². The second-order valence-electron chi connectivity index (χ2n) is 6.29. The third-order valence-electron chi connectivity index (χ3n) is 4.23. The van der Waals surface area contributed by atoms with Gasteiger partial charge in [-0.3, -0.25) is 9.69 Å². The first-order valence-electron chi connectivity index (χ1n) is 8.46. The monoisotopic (exact) mass is 366 g/mol. The van der Waals surface area contributed by atoms with Crippen molar-refractivity contribution in [1.29, 1.82) is 0 Å². The number of thioether (sulfide) groups is 1. The van der Waals surface area contributed by atoms with Gasteiger partial charge in [0.25, 0.3) is 5.91 Å². The minimum absolute atomic E-state index is 0.129. The van der Waals surface area contributed by atoms with Gasteiger partial charge >= 0.3 is 0 Å². The average Bonchev–Trinajstić information content (AvgIpc) is 2.97. The van der Waals surface area contributed by atoms with E-state index in [2.05, 4.69) is 31.0 Å². The third kappa shape index (κ3) is 3.68. The Labute approximate surface area is 158 Å². The number of ether oxygens (including phenoxy) is 1. The zero-order chi connectivity index (χ0) is 18.7. The van der Waals surface area contributed by atoms with E-state index in [4.69, 9.17) is 4.74 Å². The lowest BCUT2D eigenvalue weighted by Crippen LogP contribution is -2.30. The molecule has 1 heterocycles. The fourth-order valence-corrected chi connectivity index (χ4v) is 3.31. The SMILES string of the molecule is COc1cccc(N2C(=O)/C(=C/c3ccc(C(C)C)cc3)N=C2SC)c1. The predicted octanol–water partition coefficient (Wildman–Crippen LogP) is 4.93. The summed E-state index contributed by atoms with van der Waals surface area (Å²) in [5.74, 6) is 1.06. The van der Waals surface area contributed by atoms with Crippen molar-refractivity contribution in [2.75, 3.05) is 18.3 Å². The van der Waals surface area contributed by atoms with Crippen LogP contribution in [0.2, 0.25) is 0 Å². The first-order valence-corrected chi connectivity index (χ1v) is 9.69. The molecule has 0 aromatic heterocycles. The van der Waals surface area contributed by atoms with Crippen LogP contribution in [0.25, 0.3) is 6.08 Å². The largest absolute Gasteiger partial charge is 0.497 e. The number of methoxy groups -OCH3 is 1. The van der Waals surface area contributed by atoms with Gasteiger partial charge in [0, 0.05) is 6.07 Å². The number of amides is 1.